The molecule has 0 saturated heterocycles. The fraction of sp³-hybridized carbons (Fsp3) is 0.222. The van der Waals surface area contributed by atoms with Crippen molar-refractivity contribution >= 4 is 49.9 Å². The number of para-hydroxylation sites is 2. The highest BCUT2D eigenvalue weighted by Crippen LogP contribution is 2.29. The molecule has 0 spiro atoms. The van der Waals surface area contributed by atoms with Gasteiger partial charge in [-0.2, -0.15) is 0 Å². The predicted octanol–water partition coefficient (Wildman–Crippen LogP) is 5.06. The fourth-order valence-electron chi connectivity index (χ4n) is 3.18. The van der Waals surface area contributed by atoms with Gasteiger partial charge in [0.1, 0.15) is 5.69 Å². The molecular formula is C18H16BrN3OS. The van der Waals surface area contributed by atoms with E-state index in [0.29, 0.717) is 5.69 Å². The molecule has 4 rings (SSSR count). The smallest absolute Gasteiger partial charge is 0.221 e. The van der Waals surface area contributed by atoms with Crippen LogP contribution in [0, 0.1) is 6.92 Å². The standard InChI is InChI=1S/C18H16BrN3OS/c1-3-10-21-12-6-4-5-7-13(12)22-16(11(2)20-18(21)22)17(23)14-8-9-15(19)24-14/h4-9H,3,10H2,1-2H3. The highest BCUT2D eigenvalue weighted by atomic mass is 79.9. The number of fused-ring (bicyclic) bond motifs is 3. The predicted molar refractivity (Wildman–Crippen MR) is 101 cm³/mol. The summed E-state index contributed by atoms with van der Waals surface area (Å²) >= 11 is 4.89. The molecule has 0 fully saturated rings. The van der Waals surface area contributed by atoms with Crippen LogP contribution < -0.4 is 0 Å². The Balaban J connectivity index is 2.04. The topological polar surface area (TPSA) is 39.3 Å². The lowest BCUT2D eigenvalue weighted by Gasteiger charge is -2.01. The normalized spacial score (nSPS) is 11.6. The van der Waals surface area contributed by atoms with Crippen LogP contribution in [0.25, 0.3) is 16.8 Å². The summed E-state index contributed by atoms with van der Waals surface area (Å²) in [6.07, 6.45) is 1.02. The first-order valence-corrected chi connectivity index (χ1v) is 9.49. The molecule has 3 aromatic heterocycles. The summed E-state index contributed by atoms with van der Waals surface area (Å²) < 4.78 is 5.16. The number of rotatable bonds is 4. The third-order valence-corrected chi connectivity index (χ3v) is 5.77. The minimum atomic E-state index is 0.0232. The molecule has 0 aliphatic heterocycles. The number of hydrogen-bond donors (Lipinski definition) is 0. The molecule has 4 nitrogen and oxygen atoms in total. The largest absolute Gasteiger partial charge is 0.310 e. The fourth-order valence-corrected chi connectivity index (χ4v) is 4.50. The number of thiophene rings is 1. The van der Waals surface area contributed by atoms with Gasteiger partial charge in [-0.15, -0.1) is 11.3 Å². The molecule has 4 aromatic rings. The lowest BCUT2D eigenvalue weighted by atomic mass is 10.2. The molecule has 0 aliphatic rings. The third kappa shape index (κ3) is 2.24. The van der Waals surface area contributed by atoms with Crippen molar-refractivity contribution in [3.8, 4) is 0 Å². The van der Waals surface area contributed by atoms with Gasteiger partial charge in [0.2, 0.25) is 11.6 Å². The lowest BCUT2D eigenvalue weighted by Crippen LogP contribution is -2.05. The zero-order chi connectivity index (χ0) is 16.8. The van der Waals surface area contributed by atoms with Gasteiger partial charge >= 0.3 is 0 Å². The van der Waals surface area contributed by atoms with E-state index >= 15 is 0 Å². The van der Waals surface area contributed by atoms with Crippen LogP contribution in [-0.4, -0.2) is 19.7 Å². The van der Waals surface area contributed by atoms with Gasteiger partial charge in [-0.1, -0.05) is 19.1 Å². The number of carbonyl (C=O) groups excluding carboxylic acids is 1. The Hall–Kier alpha value is -1.92. The zero-order valence-corrected chi connectivity index (χ0v) is 15.8. The molecule has 0 unspecified atom stereocenters. The Morgan fingerprint density at radius 1 is 1.21 bits per heavy atom. The monoisotopic (exact) mass is 401 g/mol. The van der Waals surface area contributed by atoms with Gasteiger partial charge in [0.25, 0.3) is 0 Å². The summed E-state index contributed by atoms with van der Waals surface area (Å²) in [5.41, 5.74) is 3.57. The van der Waals surface area contributed by atoms with E-state index in [1.54, 1.807) is 0 Å². The number of imidazole rings is 2. The van der Waals surface area contributed by atoms with E-state index < -0.39 is 0 Å². The lowest BCUT2D eigenvalue weighted by molar-refractivity contribution is 0.103. The second kappa shape index (κ2) is 5.86. The Bertz CT molecular complexity index is 1070. The van der Waals surface area contributed by atoms with Crippen molar-refractivity contribution in [2.24, 2.45) is 0 Å². The summed E-state index contributed by atoms with van der Waals surface area (Å²) in [6.45, 7) is 4.94. The molecule has 0 saturated carbocycles. The van der Waals surface area contributed by atoms with E-state index in [2.05, 4.69) is 39.6 Å². The number of carbonyl (C=O) groups is 1. The molecule has 0 amide bonds. The van der Waals surface area contributed by atoms with Crippen LogP contribution in [0.1, 0.15) is 34.4 Å². The molecule has 122 valence electrons. The van der Waals surface area contributed by atoms with Crippen molar-refractivity contribution in [2.75, 3.05) is 0 Å². The van der Waals surface area contributed by atoms with Crippen LogP contribution in [0.2, 0.25) is 0 Å². The summed E-state index contributed by atoms with van der Waals surface area (Å²) in [5.74, 6) is 0.865. The van der Waals surface area contributed by atoms with Crippen LogP contribution in [0.5, 0.6) is 0 Å². The average Bonchev–Trinajstić information content (AvgIpc) is 3.22. The number of aromatic nitrogens is 3. The quantitative estimate of drug-likeness (QED) is 0.448. The van der Waals surface area contributed by atoms with Crippen LogP contribution in [0.3, 0.4) is 0 Å². The van der Waals surface area contributed by atoms with Crippen molar-refractivity contribution in [2.45, 2.75) is 26.8 Å². The molecule has 0 bridgehead atoms. The Labute approximate surface area is 151 Å². The van der Waals surface area contributed by atoms with E-state index in [9.17, 15) is 4.79 Å². The van der Waals surface area contributed by atoms with E-state index in [-0.39, 0.29) is 5.78 Å². The number of hydrogen-bond acceptors (Lipinski definition) is 3. The van der Waals surface area contributed by atoms with Crippen molar-refractivity contribution in [1.82, 2.24) is 14.0 Å². The summed E-state index contributed by atoms with van der Waals surface area (Å²) in [5, 5.41) is 0. The minimum Gasteiger partial charge on any atom is -0.310 e. The van der Waals surface area contributed by atoms with Crippen molar-refractivity contribution in [1.29, 1.82) is 0 Å². The molecule has 24 heavy (non-hydrogen) atoms. The number of halogens is 1. The highest BCUT2D eigenvalue weighted by molar-refractivity contribution is 9.11. The second-order valence-electron chi connectivity index (χ2n) is 5.75. The van der Waals surface area contributed by atoms with E-state index in [1.807, 2.05) is 35.6 Å². The van der Waals surface area contributed by atoms with Gasteiger partial charge in [0.15, 0.2) is 0 Å². The van der Waals surface area contributed by atoms with Crippen LogP contribution in [0.15, 0.2) is 40.2 Å². The maximum atomic E-state index is 13.1. The Kier molecular flexibility index (Phi) is 3.81. The third-order valence-electron chi connectivity index (χ3n) is 4.15. The molecule has 3 heterocycles. The van der Waals surface area contributed by atoms with Crippen molar-refractivity contribution < 1.29 is 4.79 Å². The van der Waals surface area contributed by atoms with Gasteiger partial charge in [-0.05, 0) is 53.5 Å². The number of aryl methyl sites for hydroxylation is 2. The average molecular weight is 402 g/mol. The SMILES string of the molecule is CCCn1c2ccccc2n2c(C(=O)c3ccc(Br)s3)c(C)nc12. The van der Waals surface area contributed by atoms with Gasteiger partial charge in [0, 0.05) is 6.54 Å². The molecule has 1 aromatic carbocycles. The van der Waals surface area contributed by atoms with Crippen molar-refractivity contribution in [3.05, 3.63) is 56.4 Å². The van der Waals surface area contributed by atoms with Gasteiger partial charge in [-0.25, -0.2) is 4.98 Å². The second-order valence-corrected chi connectivity index (χ2v) is 8.22. The molecule has 0 N–H and O–H groups in total. The molecule has 0 radical (unpaired) electrons. The summed E-state index contributed by atoms with van der Waals surface area (Å²) in [6, 6.07) is 11.9. The Morgan fingerprint density at radius 3 is 2.62 bits per heavy atom. The summed E-state index contributed by atoms with van der Waals surface area (Å²) in [7, 11) is 0. The molecule has 6 heteroatoms. The molecule has 0 atom stereocenters. The van der Waals surface area contributed by atoms with E-state index in [1.165, 1.54) is 11.3 Å². The van der Waals surface area contributed by atoms with Crippen LogP contribution >= 0.6 is 27.3 Å². The summed E-state index contributed by atoms with van der Waals surface area (Å²) in [4.78, 5) is 18.5. The maximum Gasteiger partial charge on any atom is 0.221 e. The van der Waals surface area contributed by atoms with E-state index in [4.69, 9.17) is 4.98 Å². The van der Waals surface area contributed by atoms with Gasteiger partial charge in [0.05, 0.1) is 25.4 Å². The van der Waals surface area contributed by atoms with Crippen LogP contribution in [0.4, 0.5) is 0 Å². The number of nitrogens with zero attached hydrogens (tertiary/aromatic N) is 3. The highest BCUT2D eigenvalue weighted by Gasteiger charge is 2.24. The maximum absolute atomic E-state index is 13.1. The number of ketones is 1. The van der Waals surface area contributed by atoms with E-state index in [0.717, 1.165) is 44.1 Å². The van der Waals surface area contributed by atoms with Crippen LogP contribution in [-0.2, 0) is 6.54 Å². The van der Waals surface area contributed by atoms with Gasteiger partial charge < -0.3 is 4.57 Å². The first-order chi connectivity index (χ1) is 11.6. The Morgan fingerprint density at radius 2 is 1.96 bits per heavy atom. The first-order valence-electron chi connectivity index (χ1n) is 7.88. The van der Waals surface area contributed by atoms with Gasteiger partial charge in [-0.3, -0.25) is 9.20 Å². The minimum absolute atomic E-state index is 0.0232. The first kappa shape index (κ1) is 15.6. The molecule has 0 aliphatic carbocycles. The number of benzene rings is 1. The molecular weight excluding hydrogens is 386 g/mol. The zero-order valence-electron chi connectivity index (χ0n) is 13.4. The van der Waals surface area contributed by atoms with Crippen molar-refractivity contribution in [3.63, 3.8) is 0 Å².